The lowest BCUT2D eigenvalue weighted by molar-refractivity contribution is -0.132. The largest absolute Gasteiger partial charge is 0.507 e. The number of aromatic amines is 1. The lowest BCUT2D eigenvalue weighted by Gasteiger charge is -2.28. The molecule has 180 valence electrons. The van der Waals surface area contributed by atoms with Crippen molar-refractivity contribution in [3.63, 3.8) is 0 Å². The summed E-state index contributed by atoms with van der Waals surface area (Å²) < 4.78 is 19.4. The normalized spacial score (nSPS) is 19.0. The molecule has 2 aliphatic rings. The molecule has 1 amide bonds. The number of aliphatic hydroxyl groups is 1. The highest BCUT2D eigenvalue weighted by Crippen LogP contribution is 2.43. The number of benzene rings is 3. The number of Topliss-reactive ketones (excluding diaryl/α,β-unsaturated/α-hetero) is 1. The van der Waals surface area contributed by atoms with Gasteiger partial charge in [0.2, 0.25) is 5.95 Å². The molecule has 0 radical (unpaired) electrons. The highest BCUT2D eigenvalue weighted by atomic mass is 19.1. The number of imidazole rings is 1. The Morgan fingerprint density at radius 2 is 1.89 bits per heavy atom. The minimum Gasteiger partial charge on any atom is -0.507 e. The Labute approximate surface area is 205 Å². The van der Waals surface area contributed by atoms with Crippen LogP contribution >= 0.6 is 0 Å². The third-order valence-corrected chi connectivity index (χ3v) is 6.56. The maximum Gasteiger partial charge on any atom is 0.302 e. The summed E-state index contributed by atoms with van der Waals surface area (Å²) in [5.41, 5.74) is 2.77. The van der Waals surface area contributed by atoms with Crippen LogP contribution in [0.25, 0.3) is 16.8 Å². The molecule has 2 aliphatic heterocycles. The first-order chi connectivity index (χ1) is 17.4. The second kappa shape index (κ2) is 8.23. The van der Waals surface area contributed by atoms with Crippen molar-refractivity contribution >= 4 is 40.1 Å². The summed E-state index contributed by atoms with van der Waals surface area (Å²) in [6.07, 6.45) is 0. The number of aliphatic hydroxyl groups excluding tert-OH is 1. The van der Waals surface area contributed by atoms with Crippen LogP contribution in [-0.4, -0.2) is 47.0 Å². The summed E-state index contributed by atoms with van der Waals surface area (Å²) >= 11 is 0. The van der Waals surface area contributed by atoms with E-state index in [4.69, 9.17) is 4.74 Å². The predicted octanol–water partition coefficient (Wildman–Crippen LogP) is 4.16. The summed E-state index contributed by atoms with van der Waals surface area (Å²) in [5, 5.41) is 11.4. The van der Waals surface area contributed by atoms with Gasteiger partial charge in [-0.2, -0.15) is 0 Å². The number of aromatic nitrogens is 2. The first-order valence-electron chi connectivity index (χ1n) is 11.4. The van der Waals surface area contributed by atoms with Crippen LogP contribution < -0.4 is 14.5 Å². The van der Waals surface area contributed by atoms with E-state index in [1.54, 1.807) is 30.3 Å². The summed E-state index contributed by atoms with van der Waals surface area (Å²) in [6, 6.07) is 16.8. The van der Waals surface area contributed by atoms with E-state index in [1.165, 1.54) is 29.2 Å². The van der Waals surface area contributed by atoms with Gasteiger partial charge in [0, 0.05) is 12.6 Å². The number of hydrogen-bond acceptors (Lipinski definition) is 6. The Balaban J connectivity index is 1.54. The van der Waals surface area contributed by atoms with Gasteiger partial charge in [-0.1, -0.05) is 24.3 Å². The van der Waals surface area contributed by atoms with Gasteiger partial charge >= 0.3 is 5.91 Å². The van der Waals surface area contributed by atoms with Gasteiger partial charge in [-0.3, -0.25) is 14.5 Å². The van der Waals surface area contributed by atoms with Crippen molar-refractivity contribution in [3.05, 3.63) is 89.2 Å². The quantitative estimate of drug-likeness (QED) is 0.258. The molecule has 9 heteroatoms. The minimum atomic E-state index is -1.02. The topological polar surface area (TPSA) is 98.8 Å². The highest BCUT2D eigenvalue weighted by molar-refractivity contribution is 6.51. The number of nitrogens with zero attached hydrogens (tertiary/aromatic N) is 3. The van der Waals surface area contributed by atoms with Crippen LogP contribution in [0.4, 0.5) is 16.0 Å². The number of halogens is 1. The Kier molecular flexibility index (Phi) is 4.99. The number of ketones is 1. The number of ether oxygens (including phenoxy) is 1. The number of fused-ring (bicyclic) bond motifs is 2. The zero-order valence-corrected chi connectivity index (χ0v) is 19.2. The average molecular weight is 484 g/mol. The van der Waals surface area contributed by atoms with Gasteiger partial charge in [-0.15, -0.1) is 0 Å². The summed E-state index contributed by atoms with van der Waals surface area (Å²) in [4.78, 5) is 37.5. The number of carbonyl (C=O) groups is 2. The number of H-pyrrole nitrogens is 1. The third-order valence-electron chi connectivity index (χ3n) is 6.56. The zero-order chi connectivity index (χ0) is 25.0. The van der Waals surface area contributed by atoms with E-state index in [0.717, 1.165) is 5.69 Å². The number of anilines is 2. The van der Waals surface area contributed by atoms with Crippen molar-refractivity contribution in [2.45, 2.75) is 6.04 Å². The van der Waals surface area contributed by atoms with Crippen molar-refractivity contribution in [2.24, 2.45) is 0 Å². The number of rotatable bonds is 3. The fourth-order valence-electron chi connectivity index (χ4n) is 4.72. The molecule has 0 spiro atoms. The van der Waals surface area contributed by atoms with Gasteiger partial charge < -0.3 is 19.7 Å². The van der Waals surface area contributed by atoms with Crippen LogP contribution in [0.15, 0.2) is 72.3 Å². The molecule has 4 aromatic rings. The fraction of sp³-hybridized carbons (Fsp3) is 0.148. The Morgan fingerprint density at radius 3 is 2.67 bits per heavy atom. The van der Waals surface area contributed by atoms with Crippen molar-refractivity contribution in [3.8, 4) is 5.75 Å². The van der Waals surface area contributed by atoms with Crippen molar-refractivity contribution in [1.29, 1.82) is 0 Å². The van der Waals surface area contributed by atoms with Crippen LogP contribution in [0, 0.1) is 5.82 Å². The summed E-state index contributed by atoms with van der Waals surface area (Å²) in [5.74, 6) is -1.67. The number of amides is 1. The van der Waals surface area contributed by atoms with Crippen molar-refractivity contribution in [2.75, 3.05) is 30.0 Å². The molecule has 1 unspecified atom stereocenters. The first kappa shape index (κ1) is 21.8. The number of likely N-dealkylation sites (N-methyl/N-ethyl adjacent to an activating group) is 1. The van der Waals surface area contributed by atoms with E-state index in [-0.39, 0.29) is 17.3 Å². The summed E-state index contributed by atoms with van der Waals surface area (Å²) in [6.45, 7) is 1.21. The number of carbonyl (C=O) groups excluding carboxylic acids is 2. The van der Waals surface area contributed by atoms with E-state index in [2.05, 4.69) is 9.97 Å². The molecule has 2 N–H and O–H groups in total. The fourth-order valence-corrected chi connectivity index (χ4v) is 4.72. The van der Waals surface area contributed by atoms with Gasteiger partial charge in [0.1, 0.15) is 23.9 Å². The highest BCUT2D eigenvalue weighted by Gasteiger charge is 2.48. The van der Waals surface area contributed by atoms with Gasteiger partial charge in [-0.05, 0) is 48.0 Å². The SMILES string of the molecule is CN1CCOc2ccc(/C(O)=C3\C(=O)C(=O)N(c4nc5ccccc5[nH]4)C3c3ccc(F)cc3)cc21. The van der Waals surface area contributed by atoms with Gasteiger partial charge in [-0.25, -0.2) is 9.37 Å². The lowest BCUT2D eigenvalue weighted by atomic mass is 9.95. The van der Waals surface area contributed by atoms with Gasteiger partial charge in [0.25, 0.3) is 5.78 Å². The van der Waals surface area contributed by atoms with Gasteiger partial charge in [0.15, 0.2) is 0 Å². The summed E-state index contributed by atoms with van der Waals surface area (Å²) in [7, 11) is 1.91. The maximum absolute atomic E-state index is 13.8. The molecule has 36 heavy (non-hydrogen) atoms. The second-order valence-corrected chi connectivity index (χ2v) is 8.75. The molecule has 1 saturated heterocycles. The number of hydrogen-bond donors (Lipinski definition) is 2. The molecule has 8 nitrogen and oxygen atoms in total. The van der Waals surface area contributed by atoms with E-state index in [9.17, 15) is 19.1 Å². The first-order valence-corrected chi connectivity index (χ1v) is 11.4. The Morgan fingerprint density at radius 1 is 1.11 bits per heavy atom. The lowest BCUT2D eigenvalue weighted by Crippen LogP contribution is -2.30. The molecular weight excluding hydrogens is 463 g/mol. The maximum atomic E-state index is 13.8. The van der Waals surface area contributed by atoms with Crippen LogP contribution in [0.1, 0.15) is 17.2 Å². The van der Waals surface area contributed by atoms with E-state index in [1.807, 2.05) is 24.1 Å². The van der Waals surface area contributed by atoms with Crippen molar-refractivity contribution in [1.82, 2.24) is 9.97 Å². The van der Waals surface area contributed by atoms with Crippen molar-refractivity contribution < 1.29 is 23.8 Å². The molecule has 6 rings (SSSR count). The van der Waals surface area contributed by atoms with E-state index < -0.39 is 23.5 Å². The van der Waals surface area contributed by atoms with Gasteiger partial charge in [0.05, 0.1) is 34.9 Å². The van der Waals surface area contributed by atoms with E-state index in [0.29, 0.717) is 41.1 Å². The average Bonchev–Trinajstić information content (AvgIpc) is 3.42. The van der Waals surface area contributed by atoms with E-state index >= 15 is 0 Å². The zero-order valence-electron chi connectivity index (χ0n) is 19.2. The third kappa shape index (κ3) is 3.39. The van der Waals surface area contributed by atoms with Crippen LogP contribution in [0.2, 0.25) is 0 Å². The molecule has 1 aromatic heterocycles. The number of nitrogens with one attached hydrogen (secondary N) is 1. The molecule has 1 atom stereocenters. The smallest absolute Gasteiger partial charge is 0.302 e. The second-order valence-electron chi connectivity index (χ2n) is 8.75. The number of para-hydroxylation sites is 2. The molecule has 0 bridgehead atoms. The molecule has 1 fully saturated rings. The standard InChI is InChI=1S/C27H21FN4O4/c1-31-12-13-36-21-11-8-16(14-20(21)31)24(33)22-23(15-6-9-17(28)10-7-15)32(26(35)25(22)34)27-29-18-4-2-3-5-19(18)30-27/h2-11,14,23,33H,12-13H2,1H3,(H,29,30)/b24-22+. The monoisotopic (exact) mass is 484 g/mol. The van der Waals surface area contributed by atoms with Crippen LogP contribution in [0.3, 0.4) is 0 Å². The Bertz CT molecular complexity index is 1530. The molecular formula is C27H21FN4O4. The predicted molar refractivity (Wildman–Crippen MR) is 132 cm³/mol. The Hall–Kier alpha value is -4.66. The molecule has 0 saturated carbocycles. The van der Waals surface area contributed by atoms with Crippen LogP contribution in [-0.2, 0) is 9.59 Å². The molecule has 0 aliphatic carbocycles. The molecule has 3 aromatic carbocycles. The van der Waals surface area contributed by atoms with Crippen LogP contribution in [0.5, 0.6) is 5.75 Å². The molecule has 3 heterocycles. The minimum absolute atomic E-state index is 0.105.